The first-order chi connectivity index (χ1) is 15.1. The predicted molar refractivity (Wildman–Crippen MR) is 124 cm³/mol. The van der Waals surface area contributed by atoms with Gasteiger partial charge in [0.15, 0.2) is 11.6 Å². The SMILES string of the molecule is CCCCCCCCCCc1ccc(-c2ncc(OCC(F)CC(F)CC)cn2)cc1. The number of unbranched alkanes of at least 4 members (excludes halogenated alkanes) is 7. The second-order valence-corrected chi connectivity index (χ2v) is 8.31. The molecule has 2 atom stereocenters. The number of benzene rings is 1. The number of rotatable bonds is 16. The summed E-state index contributed by atoms with van der Waals surface area (Å²) in [6.45, 7) is 3.77. The van der Waals surface area contributed by atoms with E-state index in [4.69, 9.17) is 4.74 Å². The lowest BCUT2D eigenvalue weighted by molar-refractivity contribution is 0.149. The van der Waals surface area contributed by atoms with Gasteiger partial charge < -0.3 is 4.74 Å². The fraction of sp³-hybridized carbons (Fsp3) is 0.615. The summed E-state index contributed by atoms with van der Waals surface area (Å²) in [4.78, 5) is 8.64. The highest BCUT2D eigenvalue weighted by molar-refractivity contribution is 5.55. The van der Waals surface area contributed by atoms with Gasteiger partial charge in [-0.05, 0) is 24.8 Å². The predicted octanol–water partition coefficient (Wildman–Crippen LogP) is 7.68. The van der Waals surface area contributed by atoms with Crippen molar-refractivity contribution in [2.24, 2.45) is 0 Å². The summed E-state index contributed by atoms with van der Waals surface area (Å²) < 4.78 is 32.3. The third kappa shape index (κ3) is 10.2. The minimum absolute atomic E-state index is 0.138. The van der Waals surface area contributed by atoms with Crippen LogP contribution in [0.4, 0.5) is 8.78 Å². The van der Waals surface area contributed by atoms with Gasteiger partial charge in [-0.2, -0.15) is 0 Å². The Kier molecular flexibility index (Phi) is 12.1. The zero-order valence-electron chi connectivity index (χ0n) is 19.2. The normalized spacial score (nSPS) is 13.2. The number of nitrogens with zero attached hydrogens (tertiary/aromatic N) is 2. The highest BCUT2D eigenvalue weighted by atomic mass is 19.1. The van der Waals surface area contributed by atoms with Crippen LogP contribution in [0.5, 0.6) is 5.75 Å². The number of hydrogen-bond acceptors (Lipinski definition) is 3. The first kappa shape index (κ1) is 25.2. The molecular weight excluding hydrogens is 394 g/mol. The highest BCUT2D eigenvalue weighted by Gasteiger charge is 2.14. The molecule has 3 nitrogen and oxygen atoms in total. The standard InChI is InChI=1S/C26H38F2N2O/c1-3-5-6-7-8-9-10-11-12-21-13-15-22(16-14-21)26-29-18-25(19-30-26)31-20-24(28)17-23(27)4-2/h13-16,18-19,23-24H,3-12,17,20H2,1-2H3. The number of alkyl halides is 2. The largest absolute Gasteiger partial charge is 0.487 e. The molecule has 0 aliphatic carbocycles. The van der Waals surface area contributed by atoms with Crippen LogP contribution in [0.15, 0.2) is 36.7 Å². The third-order valence-corrected chi connectivity index (χ3v) is 5.54. The molecule has 0 N–H and O–H groups in total. The van der Waals surface area contributed by atoms with Crippen molar-refractivity contribution in [2.45, 2.75) is 96.8 Å². The molecule has 0 fully saturated rings. The van der Waals surface area contributed by atoms with E-state index >= 15 is 0 Å². The van der Waals surface area contributed by atoms with Crippen LogP contribution in [-0.4, -0.2) is 28.9 Å². The number of halogens is 2. The Bertz CT molecular complexity index is 706. The van der Waals surface area contributed by atoms with Gasteiger partial charge >= 0.3 is 0 Å². The molecule has 2 aromatic rings. The van der Waals surface area contributed by atoms with Crippen LogP contribution in [0.3, 0.4) is 0 Å². The lowest BCUT2D eigenvalue weighted by Gasteiger charge is -2.12. The van der Waals surface area contributed by atoms with E-state index in [2.05, 4.69) is 29.0 Å². The van der Waals surface area contributed by atoms with E-state index in [0.717, 1.165) is 12.0 Å². The van der Waals surface area contributed by atoms with Gasteiger partial charge in [0, 0.05) is 12.0 Å². The van der Waals surface area contributed by atoms with Crippen LogP contribution >= 0.6 is 0 Å². The maximum absolute atomic E-state index is 13.7. The summed E-state index contributed by atoms with van der Waals surface area (Å²) in [6, 6.07) is 8.36. The van der Waals surface area contributed by atoms with Crippen molar-refractivity contribution in [1.82, 2.24) is 9.97 Å². The van der Waals surface area contributed by atoms with Crippen molar-refractivity contribution in [3.63, 3.8) is 0 Å². The molecule has 2 rings (SSSR count). The molecule has 0 saturated heterocycles. The summed E-state index contributed by atoms with van der Waals surface area (Å²) in [6.07, 6.45) is 12.5. The number of hydrogen-bond donors (Lipinski definition) is 0. The van der Waals surface area contributed by atoms with Crippen LogP contribution in [0.2, 0.25) is 0 Å². The lowest BCUT2D eigenvalue weighted by atomic mass is 10.0. The summed E-state index contributed by atoms with van der Waals surface area (Å²) in [5, 5.41) is 0. The molecular formula is C26H38F2N2O. The van der Waals surface area contributed by atoms with E-state index in [1.54, 1.807) is 6.92 Å². The molecule has 1 heterocycles. The van der Waals surface area contributed by atoms with Gasteiger partial charge in [0.25, 0.3) is 0 Å². The van der Waals surface area contributed by atoms with E-state index in [1.165, 1.54) is 69.3 Å². The molecule has 0 aliphatic rings. The summed E-state index contributed by atoms with van der Waals surface area (Å²) in [7, 11) is 0. The van der Waals surface area contributed by atoms with Crippen molar-refractivity contribution in [1.29, 1.82) is 0 Å². The van der Waals surface area contributed by atoms with E-state index < -0.39 is 12.3 Å². The maximum Gasteiger partial charge on any atom is 0.159 e. The second kappa shape index (κ2) is 14.9. The second-order valence-electron chi connectivity index (χ2n) is 8.31. The topological polar surface area (TPSA) is 35.0 Å². The first-order valence-electron chi connectivity index (χ1n) is 11.9. The highest BCUT2D eigenvalue weighted by Crippen LogP contribution is 2.19. The Morgan fingerprint density at radius 1 is 0.806 bits per heavy atom. The van der Waals surface area contributed by atoms with Gasteiger partial charge in [0.2, 0.25) is 0 Å². The lowest BCUT2D eigenvalue weighted by Crippen LogP contribution is -2.17. The molecule has 5 heteroatoms. The van der Waals surface area contributed by atoms with E-state index in [-0.39, 0.29) is 13.0 Å². The van der Waals surface area contributed by atoms with Gasteiger partial charge in [-0.1, -0.05) is 83.1 Å². The van der Waals surface area contributed by atoms with Crippen LogP contribution in [0, 0.1) is 0 Å². The van der Waals surface area contributed by atoms with E-state index in [9.17, 15) is 8.78 Å². The molecule has 0 bridgehead atoms. The van der Waals surface area contributed by atoms with Gasteiger partial charge in [0.05, 0.1) is 12.4 Å². The molecule has 0 aliphatic heterocycles. The van der Waals surface area contributed by atoms with Crippen LogP contribution in [-0.2, 0) is 6.42 Å². The molecule has 31 heavy (non-hydrogen) atoms. The smallest absolute Gasteiger partial charge is 0.159 e. The van der Waals surface area contributed by atoms with Crippen molar-refractivity contribution < 1.29 is 13.5 Å². The molecule has 0 radical (unpaired) electrons. The minimum atomic E-state index is -1.33. The average molecular weight is 433 g/mol. The number of ether oxygens (including phenoxy) is 1. The Balaban J connectivity index is 1.71. The zero-order chi connectivity index (χ0) is 22.3. The Morgan fingerprint density at radius 3 is 2.03 bits per heavy atom. The molecule has 0 spiro atoms. The third-order valence-electron chi connectivity index (χ3n) is 5.54. The summed E-state index contributed by atoms with van der Waals surface area (Å²) in [5.41, 5.74) is 2.28. The average Bonchev–Trinajstić information content (AvgIpc) is 2.80. The van der Waals surface area contributed by atoms with Gasteiger partial charge in [-0.3, -0.25) is 0 Å². The van der Waals surface area contributed by atoms with Gasteiger partial charge in [0.1, 0.15) is 19.0 Å². The molecule has 1 aromatic carbocycles. The monoisotopic (exact) mass is 432 g/mol. The van der Waals surface area contributed by atoms with Crippen molar-refractivity contribution in [2.75, 3.05) is 6.61 Å². The Labute approximate surface area is 186 Å². The number of aryl methyl sites for hydroxylation is 1. The Morgan fingerprint density at radius 2 is 1.42 bits per heavy atom. The fourth-order valence-corrected chi connectivity index (χ4v) is 3.52. The van der Waals surface area contributed by atoms with Crippen LogP contribution in [0.25, 0.3) is 11.4 Å². The quantitative estimate of drug-likeness (QED) is 0.255. The summed E-state index contributed by atoms with van der Waals surface area (Å²) in [5.74, 6) is 1.00. The first-order valence-corrected chi connectivity index (χ1v) is 11.9. The van der Waals surface area contributed by atoms with Crippen LogP contribution in [0.1, 0.15) is 83.6 Å². The molecule has 1 aromatic heterocycles. The number of aromatic nitrogens is 2. The van der Waals surface area contributed by atoms with Gasteiger partial charge in [-0.25, -0.2) is 18.7 Å². The van der Waals surface area contributed by atoms with Crippen LogP contribution < -0.4 is 4.74 Å². The minimum Gasteiger partial charge on any atom is -0.487 e. The fourth-order valence-electron chi connectivity index (χ4n) is 3.52. The van der Waals surface area contributed by atoms with Crippen molar-refractivity contribution in [3.8, 4) is 17.1 Å². The maximum atomic E-state index is 13.7. The van der Waals surface area contributed by atoms with E-state index in [0.29, 0.717) is 18.0 Å². The Hall–Kier alpha value is -2.04. The zero-order valence-corrected chi connectivity index (χ0v) is 19.2. The van der Waals surface area contributed by atoms with Crippen molar-refractivity contribution >= 4 is 0 Å². The molecule has 172 valence electrons. The molecule has 0 saturated carbocycles. The molecule has 2 unspecified atom stereocenters. The van der Waals surface area contributed by atoms with Crippen molar-refractivity contribution in [3.05, 3.63) is 42.2 Å². The summed E-state index contributed by atoms with van der Waals surface area (Å²) >= 11 is 0. The van der Waals surface area contributed by atoms with E-state index in [1.807, 2.05) is 12.1 Å². The molecule has 0 amide bonds. The van der Waals surface area contributed by atoms with Gasteiger partial charge in [-0.15, -0.1) is 0 Å².